The van der Waals surface area contributed by atoms with Gasteiger partial charge in [0.1, 0.15) is 17.4 Å². The number of nitrogens with one attached hydrogen (secondary N) is 2. The third-order valence-electron chi connectivity index (χ3n) is 5.55. The summed E-state index contributed by atoms with van der Waals surface area (Å²) < 4.78 is 38.2. The highest BCUT2D eigenvalue weighted by Crippen LogP contribution is 2.47. The van der Waals surface area contributed by atoms with Crippen LogP contribution in [0.2, 0.25) is 0 Å². The molecule has 1 saturated carbocycles. The molecule has 1 heterocycles. The molecule has 2 N–H and O–H groups in total. The van der Waals surface area contributed by atoms with Gasteiger partial charge in [0.2, 0.25) is 0 Å². The highest BCUT2D eigenvalue weighted by Gasteiger charge is 2.44. The van der Waals surface area contributed by atoms with Crippen molar-refractivity contribution in [1.82, 2.24) is 10.6 Å². The summed E-state index contributed by atoms with van der Waals surface area (Å²) in [6.07, 6.45) is 2.64. The Kier molecular flexibility index (Phi) is 7.51. The van der Waals surface area contributed by atoms with E-state index in [0.717, 1.165) is 29.5 Å². The molecular formula is C22H26F2IN3O2. The quantitative estimate of drug-likeness (QED) is 0.339. The maximum Gasteiger partial charge on any atom is 0.191 e. The van der Waals surface area contributed by atoms with Gasteiger partial charge >= 0.3 is 0 Å². The number of rotatable bonds is 6. The maximum absolute atomic E-state index is 13.9. The largest absolute Gasteiger partial charge is 0.467 e. The summed E-state index contributed by atoms with van der Waals surface area (Å²) in [5.74, 6) is 0.885. The minimum atomic E-state index is -0.291. The second-order valence-corrected chi connectivity index (χ2v) is 7.56. The van der Waals surface area contributed by atoms with Crippen molar-refractivity contribution in [3.05, 3.63) is 64.7 Å². The Balaban J connectivity index is 0.00000256. The van der Waals surface area contributed by atoms with Gasteiger partial charge in [0.15, 0.2) is 12.8 Å². The van der Waals surface area contributed by atoms with Crippen LogP contribution in [0.4, 0.5) is 8.78 Å². The van der Waals surface area contributed by atoms with Crippen molar-refractivity contribution in [2.45, 2.75) is 31.3 Å². The molecule has 0 bridgehead atoms. The summed E-state index contributed by atoms with van der Waals surface area (Å²) >= 11 is 0. The van der Waals surface area contributed by atoms with E-state index in [1.165, 1.54) is 18.2 Å². The van der Waals surface area contributed by atoms with E-state index in [1.807, 2.05) is 6.07 Å². The second kappa shape index (κ2) is 9.91. The predicted molar refractivity (Wildman–Crippen MR) is 122 cm³/mol. The maximum atomic E-state index is 13.9. The first kappa shape index (κ1) is 22.7. The smallest absolute Gasteiger partial charge is 0.191 e. The third kappa shape index (κ3) is 5.21. The lowest BCUT2D eigenvalue weighted by Gasteiger charge is -2.21. The molecule has 0 atom stereocenters. The summed E-state index contributed by atoms with van der Waals surface area (Å²) in [6.45, 7) is 1.81. The molecule has 5 nitrogen and oxygen atoms in total. The Bertz CT molecular complexity index is 919. The molecular weight excluding hydrogens is 503 g/mol. The van der Waals surface area contributed by atoms with E-state index in [2.05, 4.69) is 15.6 Å². The summed E-state index contributed by atoms with van der Waals surface area (Å²) in [6, 6.07) is 9.77. The SMILES string of the molecule is CN=C(NCCc1cc(F)cc2c1OCOC2)NCC1(c2cccc(F)c2)CC1.I. The van der Waals surface area contributed by atoms with Crippen LogP contribution in [0, 0.1) is 11.6 Å². The average molecular weight is 529 g/mol. The molecule has 30 heavy (non-hydrogen) atoms. The number of aliphatic imine (C=N–C) groups is 1. The van der Waals surface area contributed by atoms with E-state index in [4.69, 9.17) is 9.47 Å². The van der Waals surface area contributed by atoms with Crippen LogP contribution >= 0.6 is 24.0 Å². The number of fused-ring (bicyclic) bond motifs is 1. The van der Waals surface area contributed by atoms with Crippen molar-refractivity contribution < 1.29 is 18.3 Å². The van der Waals surface area contributed by atoms with E-state index < -0.39 is 0 Å². The van der Waals surface area contributed by atoms with Crippen LogP contribution in [0.3, 0.4) is 0 Å². The lowest BCUT2D eigenvalue weighted by atomic mass is 9.96. The lowest BCUT2D eigenvalue weighted by molar-refractivity contribution is -0.0172. The van der Waals surface area contributed by atoms with Gasteiger partial charge in [-0.1, -0.05) is 12.1 Å². The molecule has 4 rings (SSSR count). The van der Waals surface area contributed by atoms with Crippen LogP contribution in [0.5, 0.6) is 5.75 Å². The first-order valence-corrected chi connectivity index (χ1v) is 9.82. The molecule has 2 aromatic rings. The zero-order chi connectivity index (χ0) is 20.3. The van der Waals surface area contributed by atoms with Crippen molar-refractivity contribution in [2.75, 3.05) is 26.9 Å². The molecule has 1 aliphatic heterocycles. The molecule has 2 aliphatic rings. The fraction of sp³-hybridized carbons (Fsp3) is 0.409. The Morgan fingerprint density at radius 1 is 1.13 bits per heavy atom. The molecule has 2 aromatic carbocycles. The minimum absolute atomic E-state index is 0. The van der Waals surface area contributed by atoms with E-state index in [1.54, 1.807) is 19.2 Å². The molecule has 0 unspecified atom stereocenters. The van der Waals surface area contributed by atoms with E-state index in [9.17, 15) is 8.78 Å². The fourth-order valence-corrected chi connectivity index (χ4v) is 3.77. The molecule has 0 amide bonds. The van der Waals surface area contributed by atoms with Crippen molar-refractivity contribution in [3.8, 4) is 5.75 Å². The van der Waals surface area contributed by atoms with Crippen LogP contribution in [-0.4, -0.2) is 32.9 Å². The molecule has 1 aliphatic carbocycles. The van der Waals surface area contributed by atoms with E-state index >= 15 is 0 Å². The highest BCUT2D eigenvalue weighted by molar-refractivity contribution is 14.0. The number of benzene rings is 2. The van der Waals surface area contributed by atoms with Gasteiger partial charge in [0.25, 0.3) is 0 Å². The standard InChI is InChI=1S/C22H25F2N3O2.HI/c1-25-21(27-13-22(6-7-22)17-3-2-4-18(23)11-17)26-8-5-15-9-19(24)10-16-12-28-14-29-20(15)16;/h2-4,9-11H,5-8,12-14H2,1H3,(H2,25,26,27);1H. The fourth-order valence-electron chi connectivity index (χ4n) is 3.77. The lowest BCUT2D eigenvalue weighted by Crippen LogP contribution is -2.42. The second-order valence-electron chi connectivity index (χ2n) is 7.56. The molecule has 0 aromatic heterocycles. The number of guanidine groups is 1. The van der Waals surface area contributed by atoms with Gasteiger partial charge in [-0.2, -0.15) is 0 Å². The summed E-state index contributed by atoms with van der Waals surface area (Å²) in [5, 5.41) is 6.60. The number of nitrogens with zero attached hydrogens (tertiary/aromatic N) is 1. The highest BCUT2D eigenvalue weighted by atomic mass is 127. The number of hydrogen-bond donors (Lipinski definition) is 2. The van der Waals surface area contributed by atoms with Crippen LogP contribution in [0.15, 0.2) is 41.4 Å². The van der Waals surface area contributed by atoms with Crippen LogP contribution < -0.4 is 15.4 Å². The van der Waals surface area contributed by atoms with E-state index in [-0.39, 0.29) is 47.8 Å². The number of ether oxygens (including phenoxy) is 2. The number of hydrogen-bond acceptors (Lipinski definition) is 3. The van der Waals surface area contributed by atoms with Crippen molar-refractivity contribution in [3.63, 3.8) is 0 Å². The van der Waals surface area contributed by atoms with Crippen molar-refractivity contribution in [2.24, 2.45) is 4.99 Å². The van der Waals surface area contributed by atoms with Gasteiger partial charge in [0, 0.05) is 31.1 Å². The zero-order valence-electron chi connectivity index (χ0n) is 16.8. The molecule has 0 saturated heterocycles. The monoisotopic (exact) mass is 529 g/mol. The topological polar surface area (TPSA) is 54.9 Å². The van der Waals surface area contributed by atoms with Gasteiger partial charge in [-0.25, -0.2) is 8.78 Å². The van der Waals surface area contributed by atoms with Gasteiger partial charge in [-0.3, -0.25) is 4.99 Å². The van der Waals surface area contributed by atoms with E-state index in [0.29, 0.717) is 37.8 Å². The average Bonchev–Trinajstić information content (AvgIpc) is 3.51. The predicted octanol–water partition coefficient (Wildman–Crippen LogP) is 3.89. The molecule has 1 fully saturated rings. The van der Waals surface area contributed by atoms with Gasteiger partial charge in [-0.15, -0.1) is 24.0 Å². The van der Waals surface area contributed by atoms with Crippen LogP contribution in [0.1, 0.15) is 29.5 Å². The Hall–Kier alpha value is -1.94. The third-order valence-corrected chi connectivity index (χ3v) is 5.55. The summed E-state index contributed by atoms with van der Waals surface area (Å²) in [7, 11) is 1.71. The summed E-state index contributed by atoms with van der Waals surface area (Å²) in [4.78, 5) is 4.26. The van der Waals surface area contributed by atoms with Crippen LogP contribution in [-0.2, 0) is 23.2 Å². The first-order valence-electron chi connectivity index (χ1n) is 9.82. The molecule has 0 radical (unpaired) electrons. The molecule has 0 spiro atoms. The minimum Gasteiger partial charge on any atom is -0.467 e. The normalized spacial score (nSPS) is 16.7. The van der Waals surface area contributed by atoms with Crippen molar-refractivity contribution >= 4 is 29.9 Å². The van der Waals surface area contributed by atoms with Crippen molar-refractivity contribution in [1.29, 1.82) is 0 Å². The van der Waals surface area contributed by atoms with Crippen LogP contribution in [0.25, 0.3) is 0 Å². The van der Waals surface area contributed by atoms with Gasteiger partial charge in [0.05, 0.1) is 6.61 Å². The zero-order valence-corrected chi connectivity index (χ0v) is 19.2. The Morgan fingerprint density at radius 2 is 1.97 bits per heavy atom. The summed E-state index contributed by atoms with van der Waals surface area (Å²) in [5.41, 5.74) is 2.53. The number of halogens is 3. The Labute approximate surface area is 192 Å². The molecule has 8 heteroatoms. The first-order chi connectivity index (χ1) is 14.1. The van der Waals surface area contributed by atoms with Gasteiger partial charge < -0.3 is 20.1 Å². The Morgan fingerprint density at radius 3 is 2.70 bits per heavy atom. The van der Waals surface area contributed by atoms with Gasteiger partial charge in [-0.05, 0) is 54.7 Å². The molecule has 162 valence electrons.